The van der Waals surface area contributed by atoms with Crippen LogP contribution in [0.4, 0.5) is 5.69 Å². The van der Waals surface area contributed by atoms with Gasteiger partial charge in [-0.25, -0.2) is 12.7 Å². The Morgan fingerprint density at radius 1 is 1.07 bits per heavy atom. The average Bonchev–Trinajstić information content (AvgIpc) is 2.75. The zero-order valence-electron chi connectivity index (χ0n) is 16.8. The quantitative estimate of drug-likeness (QED) is 0.671. The predicted octanol–water partition coefficient (Wildman–Crippen LogP) is 2.40. The lowest BCUT2D eigenvalue weighted by Gasteiger charge is -2.31. The summed E-state index contributed by atoms with van der Waals surface area (Å²) < 4.78 is 27.0. The van der Waals surface area contributed by atoms with Gasteiger partial charge in [0.05, 0.1) is 11.7 Å². The maximum absolute atomic E-state index is 12.8. The van der Waals surface area contributed by atoms with Crippen molar-refractivity contribution in [1.29, 1.82) is 0 Å². The maximum Gasteiger partial charge on any atom is 0.248 e. The second kappa shape index (κ2) is 9.86. The van der Waals surface area contributed by atoms with Gasteiger partial charge in [0.1, 0.15) is 0 Å². The highest BCUT2D eigenvalue weighted by Crippen LogP contribution is 2.22. The van der Waals surface area contributed by atoms with Gasteiger partial charge in [0.2, 0.25) is 21.8 Å². The Morgan fingerprint density at radius 2 is 1.77 bits per heavy atom. The third kappa shape index (κ3) is 5.90. The van der Waals surface area contributed by atoms with Gasteiger partial charge in [-0.3, -0.25) is 9.59 Å². The molecule has 2 amide bonds. The summed E-state index contributed by atoms with van der Waals surface area (Å²) >= 11 is 0. The summed E-state index contributed by atoms with van der Waals surface area (Å²) in [6.45, 7) is 0.642. The molecule has 30 heavy (non-hydrogen) atoms. The summed E-state index contributed by atoms with van der Waals surface area (Å²) in [7, 11) is -3.41. The molecule has 1 saturated heterocycles. The summed E-state index contributed by atoms with van der Waals surface area (Å²) in [4.78, 5) is 23.8. The van der Waals surface area contributed by atoms with E-state index in [-0.39, 0.29) is 18.2 Å². The van der Waals surface area contributed by atoms with Crippen molar-refractivity contribution in [3.63, 3.8) is 0 Å². The van der Waals surface area contributed by atoms with Crippen LogP contribution >= 0.6 is 0 Å². The maximum atomic E-state index is 12.8. The van der Waals surface area contributed by atoms with Crippen LogP contribution in [-0.4, -0.2) is 43.4 Å². The fourth-order valence-electron chi connectivity index (χ4n) is 3.60. The number of benzene rings is 2. The molecule has 1 fully saturated rings. The number of rotatable bonds is 8. The second-order valence-corrected chi connectivity index (χ2v) is 9.62. The number of primary amides is 1. The van der Waals surface area contributed by atoms with Crippen molar-refractivity contribution >= 4 is 27.5 Å². The number of amides is 2. The summed E-state index contributed by atoms with van der Waals surface area (Å²) in [6, 6.07) is 16.1. The standard InChI is InChI=1S/C22H27N3O4S/c23-21(26)18-10-12-20(13-11-18)24-22(27)19-9-4-14-25(16-19)30(28,29)15-5-8-17-6-2-1-3-7-17/h1-3,6-7,10-13,19H,4-5,8-9,14-16H2,(H2,23,26)(H,24,27)/t19-/m0/s1. The number of piperidine rings is 1. The minimum Gasteiger partial charge on any atom is -0.366 e. The molecule has 8 heteroatoms. The van der Waals surface area contributed by atoms with E-state index in [1.165, 1.54) is 4.31 Å². The molecule has 1 aliphatic heterocycles. The van der Waals surface area contributed by atoms with Crippen LogP contribution in [0.5, 0.6) is 0 Å². The number of carbonyl (C=O) groups is 2. The van der Waals surface area contributed by atoms with Crippen LogP contribution in [0.3, 0.4) is 0 Å². The molecule has 7 nitrogen and oxygen atoms in total. The highest BCUT2D eigenvalue weighted by Gasteiger charge is 2.32. The highest BCUT2D eigenvalue weighted by molar-refractivity contribution is 7.89. The molecule has 0 unspecified atom stereocenters. The molecular formula is C22H27N3O4S. The van der Waals surface area contributed by atoms with Gasteiger partial charge in [0, 0.05) is 24.3 Å². The van der Waals surface area contributed by atoms with E-state index in [1.807, 2.05) is 30.3 Å². The van der Waals surface area contributed by atoms with Crippen LogP contribution in [0.1, 0.15) is 35.2 Å². The van der Waals surface area contributed by atoms with Crippen LogP contribution in [-0.2, 0) is 21.2 Å². The van der Waals surface area contributed by atoms with Crippen molar-refractivity contribution in [3.8, 4) is 0 Å². The van der Waals surface area contributed by atoms with Crippen LogP contribution in [0, 0.1) is 5.92 Å². The largest absolute Gasteiger partial charge is 0.366 e. The van der Waals surface area contributed by atoms with Crippen LogP contribution < -0.4 is 11.1 Å². The monoisotopic (exact) mass is 429 g/mol. The minimum atomic E-state index is -3.41. The van der Waals surface area contributed by atoms with Crippen molar-refractivity contribution in [2.24, 2.45) is 11.7 Å². The van der Waals surface area contributed by atoms with Crippen molar-refractivity contribution in [1.82, 2.24) is 4.31 Å². The number of nitrogens with zero attached hydrogens (tertiary/aromatic N) is 1. The van der Waals surface area contributed by atoms with E-state index in [1.54, 1.807) is 24.3 Å². The van der Waals surface area contributed by atoms with Crippen LogP contribution in [0.25, 0.3) is 0 Å². The Balaban J connectivity index is 1.54. The fourth-order valence-corrected chi connectivity index (χ4v) is 5.19. The van der Waals surface area contributed by atoms with E-state index in [9.17, 15) is 18.0 Å². The number of nitrogens with two attached hydrogens (primary N) is 1. The second-order valence-electron chi connectivity index (χ2n) is 7.53. The number of hydrogen-bond donors (Lipinski definition) is 2. The van der Waals surface area contributed by atoms with Crippen LogP contribution in [0.2, 0.25) is 0 Å². The van der Waals surface area contributed by atoms with Crippen molar-refractivity contribution in [3.05, 3.63) is 65.7 Å². The molecule has 2 aromatic carbocycles. The summed E-state index contributed by atoms with van der Waals surface area (Å²) in [6.07, 6.45) is 2.54. The smallest absolute Gasteiger partial charge is 0.248 e. The fraction of sp³-hybridized carbons (Fsp3) is 0.364. The van der Waals surface area contributed by atoms with E-state index in [0.717, 1.165) is 5.56 Å². The number of hydrogen-bond acceptors (Lipinski definition) is 4. The van der Waals surface area contributed by atoms with E-state index in [2.05, 4.69) is 5.32 Å². The summed E-state index contributed by atoms with van der Waals surface area (Å²) in [5.41, 5.74) is 7.24. The molecule has 1 heterocycles. The molecule has 1 aliphatic rings. The Labute approximate surface area is 177 Å². The Hall–Kier alpha value is -2.71. The lowest BCUT2D eigenvalue weighted by Crippen LogP contribution is -2.44. The van der Waals surface area contributed by atoms with Gasteiger partial charge in [-0.05, 0) is 55.5 Å². The molecule has 0 spiro atoms. The van der Waals surface area contributed by atoms with Gasteiger partial charge in [-0.15, -0.1) is 0 Å². The zero-order valence-corrected chi connectivity index (χ0v) is 17.6. The van der Waals surface area contributed by atoms with Crippen LogP contribution in [0.15, 0.2) is 54.6 Å². The number of nitrogens with one attached hydrogen (secondary N) is 1. The van der Waals surface area contributed by atoms with Crippen molar-refractivity contribution < 1.29 is 18.0 Å². The molecule has 1 atom stereocenters. The first kappa shape index (κ1) is 22.0. The molecular weight excluding hydrogens is 402 g/mol. The third-order valence-corrected chi connectivity index (χ3v) is 7.22. The van der Waals surface area contributed by atoms with Gasteiger partial charge in [0.15, 0.2) is 0 Å². The predicted molar refractivity (Wildman–Crippen MR) is 116 cm³/mol. The van der Waals surface area contributed by atoms with Gasteiger partial charge in [0.25, 0.3) is 0 Å². The lowest BCUT2D eigenvalue weighted by atomic mass is 9.98. The summed E-state index contributed by atoms with van der Waals surface area (Å²) in [5.74, 6) is -1.08. The van der Waals surface area contributed by atoms with E-state index < -0.39 is 21.8 Å². The number of sulfonamides is 1. The normalized spacial score (nSPS) is 17.4. The third-order valence-electron chi connectivity index (χ3n) is 5.30. The van der Waals surface area contributed by atoms with Gasteiger partial charge < -0.3 is 11.1 Å². The Morgan fingerprint density at radius 3 is 2.43 bits per heavy atom. The molecule has 3 N–H and O–H groups in total. The molecule has 0 aliphatic carbocycles. The molecule has 3 rings (SSSR count). The van der Waals surface area contributed by atoms with Gasteiger partial charge in [-0.2, -0.15) is 0 Å². The SMILES string of the molecule is NC(=O)c1ccc(NC(=O)[C@H]2CCCN(S(=O)(=O)CCCc3ccccc3)C2)cc1. The van der Waals surface area contributed by atoms with Gasteiger partial charge in [-0.1, -0.05) is 30.3 Å². The average molecular weight is 430 g/mol. The Bertz CT molecular complexity index is 975. The van der Waals surface area contributed by atoms with Crippen molar-refractivity contribution in [2.45, 2.75) is 25.7 Å². The zero-order chi connectivity index (χ0) is 21.6. The van der Waals surface area contributed by atoms with E-state index >= 15 is 0 Å². The molecule has 0 saturated carbocycles. The first-order valence-corrected chi connectivity index (χ1v) is 11.7. The highest BCUT2D eigenvalue weighted by atomic mass is 32.2. The first-order chi connectivity index (χ1) is 14.3. The van der Waals surface area contributed by atoms with Gasteiger partial charge >= 0.3 is 0 Å². The van der Waals surface area contributed by atoms with E-state index in [4.69, 9.17) is 5.73 Å². The number of aryl methyl sites for hydroxylation is 1. The number of carbonyl (C=O) groups excluding carboxylic acids is 2. The van der Waals surface area contributed by atoms with E-state index in [0.29, 0.717) is 43.5 Å². The molecule has 160 valence electrons. The molecule has 2 aromatic rings. The topological polar surface area (TPSA) is 110 Å². The summed E-state index contributed by atoms with van der Waals surface area (Å²) in [5, 5.41) is 2.80. The first-order valence-electron chi connectivity index (χ1n) is 10.1. The molecule has 0 aromatic heterocycles. The minimum absolute atomic E-state index is 0.0742. The molecule has 0 radical (unpaired) electrons. The van der Waals surface area contributed by atoms with Crippen molar-refractivity contribution in [2.75, 3.05) is 24.2 Å². The Kier molecular flexibility index (Phi) is 7.23. The molecule has 0 bridgehead atoms. The number of anilines is 1. The lowest BCUT2D eigenvalue weighted by molar-refractivity contribution is -0.120.